The zero-order valence-electron chi connectivity index (χ0n) is 21.6. The minimum atomic E-state index is -0.201. The first-order chi connectivity index (χ1) is 18.5. The number of fused-ring (bicyclic) bond motifs is 1. The van der Waals surface area contributed by atoms with Gasteiger partial charge in [-0.3, -0.25) is 9.59 Å². The molecule has 2 N–H and O–H groups in total. The summed E-state index contributed by atoms with van der Waals surface area (Å²) in [6.07, 6.45) is 1.69. The smallest absolute Gasteiger partial charge is 0.241 e. The lowest BCUT2D eigenvalue weighted by Gasteiger charge is -2.39. The van der Waals surface area contributed by atoms with Crippen molar-refractivity contribution in [3.63, 3.8) is 0 Å². The van der Waals surface area contributed by atoms with Crippen molar-refractivity contribution >= 4 is 11.8 Å². The number of nitriles is 1. The van der Waals surface area contributed by atoms with Crippen LogP contribution >= 0.6 is 0 Å². The van der Waals surface area contributed by atoms with Crippen molar-refractivity contribution in [2.24, 2.45) is 0 Å². The number of rotatable bonds is 7. The summed E-state index contributed by atoms with van der Waals surface area (Å²) in [6.45, 7) is 4.02. The van der Waals surface area contributed by atoms with E-state index in [4.69, 9.17) is 10.00 Å². The summed E-state index contributed by atoms with van der Waals surface area (Å²) in [5, 5.41) is 15.6. The molecule has 7 heteroatoms. The summed E-state index contributed by atoms with van der Waals surface area (Å²) in [4.78, 5) is 25.9. The van der Waals surface area contributed by atoms with Crippen LogP contribution in [0.2, 0.25) is 0 Å². The Bertz CT molecular complexity index is 1350. The van der Waals surface area contributed by atoms with Crippen molar-refractivity contribution in [3.05, 3.63) is 89.0 Å². The first-order valence-electron chi connectivity index (χ1n) is 13.1. The van der Waals surface area contributed by atoms with Gasteiger partial charge in [-0.15, -0.1) is 0 Å². The average molecular weight is 509 g/mol. The van der Waals surface area contributed by atoms with Crippen LogP contribution in [0.4, 0.5) is 0 Å². The number of likely N-dealkylation sites (tertiary alicyclic amines) is 1. The molecule has 3 aromatic carbocycles. The van der Waals surface area contributed by atoms with Gasteiger partial charge in [-0.2, -0.15) is 5.26 Å². The number of amides is 2. The van der Waals surface area contributed by atoms with Crippen LogP contribution in [0.15, 0.2) is 66.7 Å². The third kappa shape index (κ3) is 5.71. The Hall–Kier alpha value is -4.15. The molecule has 1 saturated heterocycles. The number of hydrogen-bond acceptors (Lipinski definition) is 5. The predicted molar refractivity (Wildman–Crippen MR) is 145 cm³/mol. The van der Waals surface area contributed by atoms with E-state index >= 15 is 0 Å². The molecule has 2 aliphatic heterocycles. The molecule has 0 radical (unpaired) electrons. The van der Waals surface area contributed by atoms with E-state index in [0.717, 1.165) is 35.3 Å². The molecule has 38 heavy (non-hydrogen) atoms. The quantitative estimate of drug-likeness (QED) is 0.507. The van der Waals surface area contributed by atoms with Crippen LogP contribution in [0, 0.1) is 11.3 Å². The van der Waals surface area contributed by atoms with Gasteiger partial charge >= 0.3 is 0 Å². The van der Waals surface area contributed by atoms with E-state index in [1.54, 1.807) is 0 Å². The van der Waals surface area contributed by atoms with E-state index in [1.165, 1.54) is 18.1 Å². The van der Waals surface area contributed by atoms with E-state index in [9.17, 15) is 9.59 Å². The first-order valence-corrected chi connectivity index (χ1v) is 13.1. The summed E-state index contributed by atoms with van der Waals surface area (Å²) in [7, 11) is 0. The molecule has 0 saturated carbocycles. The molecular weight excluding hydrogens is 476 g/mol. The first kappa shape index (κ1) is 25.5. The van der Waals surface area contributed by atoms with E-state index in [-0.39, 0.29) is 30.3 Å². The van der Waals surface area contributed by atoms with Crippen LogP contribution in [-0.4, -0.2) is 49.0 Å². The third-order valence-electron chi connectivity index (χ3n) is 7.44. The second-order valence-corrected chi connectivity index (χ2v) is 9.95. The number of hydrogen-bond donors (Lipinski definition) is 2. The van der Waals surface area contributed by atoms with Crippen molar-refractivity contribution in [1.82, 2.24) is 15.5 Å². The largest absolute Gasteiger partial charge is 0.493 e. The van der Waals surface area contributed by atoms with Crippen LogP contribution in [0.1, 0.15) is 41.5 Å². The Balaban J connectivity index is 1.35. The van der Waals surface area contributed by atoms with Gasteiger partial charge in [-0.25, -0.2) is 0 Å². The van der Waals surface area contributed by atoms with E-state index in [1.807, 2.05) is 47.4 Å². The number of nitrogens with one attached hydrogen (secondary N) is 2. The van der Waals surface area contributed by atoms with E-state index in [2.05, 4.69) is 41.0 Å². The van der Waals surface area contributed by atoms with Gasteiger partial charge in [-0.1, -0.05) is 42.5 Å². The number of piperidine rings is 1. The van der Waals surface area contributed by atoms with Crippen LogP contribution in [0.5, 0.6) is 5.75 Å². The molecule has 0 aromatic heterocycles. The molecule has 2 amide bonds. The second-order valence-electron chi connectivity index (χ2n) is 9.95. The number of carbonyl (C=O) groups excluding carboxylic acids is 2. The highest BCUT2D eigenvalue weighted by molar-refractivity contribution is 5.83. The zero-order chi connectivity index (χ0) is 26.5. The van der Waals surface area contributed by atoms with Gasteiger partial charge in [0.05, 0.1) is 24.8 Å². The van der Waals surface area contributed by atoms with Gasteiger partial charge in [0.15, 0.2) is 0 Å². The SMILES string of the molecule is CC(=O)NCC(=O)N1CCC(NCc2cc(-c3ccc(C#N)cc3)cc3c2OCC3)C(c2ccccc2)C1. The molecule has 0 bridgehead atoms. The normalized spacial score (nSPS) is 18.3. The maximum Gasteiger partial charge on any atom is 0.241 e. The van der Waals surface area contributed by atoms with E-state index < -0.39 is 0 Å². The van der Waals surface area contributed by atoms with Crippen molar-refractivity contribution in [2.75, 3.05) is 26.2 Å². The van der Waals surface area contributed by atoms with Crippen LogP contribution in [-0.2, 0) is 22.6 Å². The van der Waals surface area contributed by atoms with Crippen molar-refractivity contribution in [2.45, 2.75) is 38.3 Å². The Labute approximate surface area is 223 Å². The summed E-state index contributed by atoms with van der Waals surface area (Å²) >= 11 is 0. The average Bonchev–Trinajstić information content (AvgIpc) is 3.44. The van der Waals surface area contributed by atoms with E-state index in [0.29, 0.717) is 31.8 Å². The molecule has 2 unspecified atom stereocenters. The third-order valence-corrected chi connectivity index (χ3v) is 7.44. The highest BCUT2D eigenvalue weighted by Gasteiger charge is 2.32. The van der Waals surface area contributed by atoms with Crippen LogP contribution < -0.4 is 15.4 Å². The Morgan fingerprint density at radius 3 is 2.61 bits per heavy atom. The number of nitrogens with zero attached hydrogens (tertiary/aromatic N) is 2. The van der Waals surface area contributed by atoms with Crippen LogP contribution in [0.25, 0.3) is 11.1 Å². The van der Waals surface area contributed by atoms with Gasteiger partial charge in [0.2, 0.25) is 11.8 Å². The summed E-state index contributed by atoms with van der Waals surface area (Å²) < 4.78 is 6.03. The monoisotopic (exact) mass is 508 g/mol. The summed E-state index contributed by atoms with van der Waals surface area (Å²) in [6, 6.07) is 24.7. The lowest BCUT2D eigenvalue weighted by Crippen LogP contribution is -2.51. The highest BCUT2D eigenvalue weighted by Crippen LogP contribution is 2.36. The molecule has 0 spiro atoms. The number of benzene rings is 3. The maximum atomic E-state index is 12.8. The maximum absolute atomic E-state index is 12.8. The number of carbonyl (C=O) groups is 2. The van der Waals surface area contributed by atoms with Gasteiger partial charge in [-0.05, 0) is 52.9 Å². The van der Waals surface area contributed by atoms with Crippen molar-refractivity contribution < 1.29 is 14.3 Å². The lowest BCUT2D eigenvalue weighted by atomic mass is 9.85. The van der Waals surface area contributed by atoms with Gasteiger partial charge in [0.1, 0.15) is 5.75 Å². The van der Waals surface area contributed by atoms with Gasteiger partial charge in [0, 0.05) is 50.5 Å². The lowest BCUT2D eigenvalue weighted by molar-refractivity contribution is -0.133. The molecule has 1 fully saturated rings. The highest BCUT2D eigenvalue weighted by atomic mass is 16.5. The van der Waals surface area contributed by atoms with Gasteiger partial charge in [0.25, 0.3) is 0 Å². The molecular formula is C31H32N4O3. The Kier molecular flexibility index (Phi) is 7.71. The molecule has 2 atom stereocenters. The predicted octanol–water partition coefficient (Wildman–Crippen LogP) is 3.77. The molecule has 5 rings (SSSR count). The fraction of sp³-hybridized carbons (Fsp3) is 0.323. The Morgan fingerprint density at radius 2 is 1.87 bits per heavy atom. The molecule has 2 heterocycles. The Morgan fingerprint density at radius 1 is 1.08 bits per heavy atom. The zero-order valence-corrected chi connectivity index (χ0v) is 21.6. The molecule has 0 aliphatic carbocycles. The topological polar surface area (TPSA) is 94.5 Å². The second kappa shape index (κ2) is 11.5. The molecule has 3 aromatic rings. The standard InChI is InChI=1S/C31H32N4O3/c1-21(36)33-19-30(37)35-13-11-29(28(20-35)24-5-3-2-4-6-24)34-18-27-16-26(15-25-12-14-38-31(25)27)23-9-7-22(17-32)8-10-23/h2-10,15-16,28-29,34H,11-14,18-20H2,1H3,(H,33,36). The molecule has 194 valence electrons. The van der Waals surface area contributed by atoms with Crippen LogP contribution in [0.3, 0.4) is 0 Å². The van der Waals surface area contributed by atoms with Crippen molar-refractivity contribution in [1.29, 1.82) is 5.26 Å². The summed E-state index contributed by atoms with van der Waals surface area (Å²) in [5.74, 6) is 0.837. The minimum absolute atomic E-state index is 0.0283. The van der Waals surface area contributed by atoms with Crippen molar-refractivity contribution in [3.8, 4) is 22.9 Å². The minimum Gasteiger partial charge on any atom is -0.493 e. The fourth-order valence-electron chi connectivity index (χ4n) is 5.44. The number of ether oxygens (including phenoxy) is 1. The fourth-order valence-corrected chi connectivity index (χ4v) is 5.44. The van der Waals surface area contributed by atoms with Gasteiger partial charge < -0.3 is 20.3 Å². The summed E-state index contributed by atoms with van der Waals surface area (Å²) in [5.41, 5.74) is 6.36. The molecule has 7 nitrogen and oxygen atoms in total. The molecule has 2 aliphatic rings.